The number of benzene rings is 1. The first-order valence-electron chi connectivity index (χ1n) is 8.94. The average Bonchev–Trinajstić information content (AvgIpc) is 3.07. The number of pyridine rings is 1. The number of para-hydroxylation sites is 1. The summed E-state index contributed by atoms with van der Waals surface area (Å²) in [4.78, 5) is 26.5. The Balaban J connectivity index is 1.66. The molecule has 3 heterocycles. The number of H-pyrrole nitrogens is 1. The number of hydrogen-bond donors (Lipinski definition) is 2. The number of nitrogens with one attached hydrogen (secondary N) is 1. The predicted molar refractivity (Wildman–Crippen MR) is 101 cm³/mol. The van der Waals surface area contributed by atoms with Gasteiger partial charge in [-0.25, -0.2) is 14.8 Å². The van der Waals surface area contributed by atoms with E-state index in [1.165, 1.54) is 0 Å². The minimum Gasteiger partial charge on any atom is -0.478 e. The fourth-order valence-electron chi connectivity index (χ4n) is 3.73. The highest BCUT2D eigenvalue weighted by molar-refractivity contribution is 5.93. The number of aromatic amines is 1. The molecule has 1 aliphatic rings. The standard InChI is InChI=1S/C20H22N4O2/c1-12-5-3-7-16-17(12)23-18(22-16)14-6-4-10-24(11-14)19-15(20(25)26)9-8-13(2)21-19/h3,5,7-9,14H,4,6,10-11H2,1-2H3,(H,22,23)(H,25,26). The van der Waals surface area contributed by atoms with E-state index >= 15 is 0 Å². The Bertz CT molecular complexity index is 979. The van der Waals surface area contributed by atoms with Crippen LogP contribution in [0, 0.1) is 13.8 Å². The molecule has 6 heteroatoms. The van der Waals surface area contributed by atoms with E-state index < -0.39 is 5.97 Å². The van der Waals surface area contributed by atoms with Crippen LogP contribution in [0.3, 0.4) is 0 Å². The highest BCUT2D eigenvalue weighted by atomic mass is 16.4. The molecule has 0 aliphatic carbocycles. The van der Waals surface area contributed by atoms with Crippen LogP contribution in [0.4, 0.5) is 5.82 Å². The number of nitrogens with zero attached hydrogens (tertiary/aromatic N) is 3. The van der Waals surface area contributed by atoms with Crippen LogP contribution in [0.1, 0.15) is 46.2 Å². The number of piperidine rings is 1. The summed E-state index contributed by atoms with van der Waals surface area (Å²) in [5.74, 6) is 0.839. The van der Waals surface area contributed by atoms with Crippen LogP contribution in [-0.4, -0.2) is 39.1 Å². The molecule has 1 aromatic carbocycles. The van der Waals surface area contributed by atoms with Gasteiger partial charge in [0.25, 0.3) is 0 Å². The smallest absolute Gasteiger partial charge is 0.339 e. The van der Waals surface area contributed by atoms with Gasteiger partial charge in [0, 0.05) is 24.7 Å². The lowest BCUT2D eigenvalue weighted by atomic mass is 9.97. The van der Waals surface area contributed by atoms with Gasteiger partial charge in [-0.15, -0.1) is 0 Å². The third-order valence-corrected chi connectivity index (χ3v) is 5.09. The summed E-state index contributed by atoms with van der Waals surface area (Å²) in [6.07, 6.45) is 2.01. The minimum atomic E-state index is -0.936. The van der Waals surface area contributed by atoms with Gasteiger partial charge in [-0.2, -0.15) is 0 Å². The number of hydrogen-bond acceptors (Lipinski definition) is 4. The van der Waals surface area contributed by atoms with E-state index in [1.807, 2.05) is 19.1 Å². The third-order valence-electron chi connectivity index (χ3n) is 5.09. The van der Waals surface area contributed by atoms with Crippen LogP contribution < -0.4 is 4.90 Å². The van der Waals surface area contributed by atoms with Crippen LogP contribution >= 0.6 is 0 Å². The second-order valence-electron chi connectivity index (χ2n) is 7.01. The van der Waals surface area contributed by atoms with Gasteiger partial charge in [0.1, 0.15) is 17.2 Å². The molecule has 0 saturated carbocycles. The highest BCUT2D eigenvalue weighted by Gasteiger charge is 2.27. The van der Waals surface area contributed by atoms with E-state index in [0.29, 0.717) is 5.82 Å². The maximum Gasteiger partial charge on any atom is 0.339 e. The average molecular weight is 350 g/mol. The van der Waals surface area contributed by atoms with Gasteiger partial charge >= 0.3 is 5.97 Å². The Hall–Kier alpha value is -2.89. The molecule has 0 radical (unpaired) electrons. The van der Waals surface area contributed by atoms with Crippen LogP contribution in [-0.2, 0) is 0 Å². The maximum atomic E-state index is 11.6. The molecule has 1 atom stereocenters. The van der Waals surface area contributed by atoms with Crippen molar-refractivity contribution in [1.82, 2.24) is 15.0 Å². The van der Waals surface area contributed by atoms with E-state index in [4.69, 9.17) is 4.98 Å². The number of carbonyl (C=O) groups is 1. The molecule has 1 aliphatic heterocycles. The van der Waals surface area contributed by atoms with Crippen molar-refractivity contribution in [3.05, 3.63) is 53.0 Å². The SMILES string of the molecule is Cc1ccc(C(=O)O)c(N2CCCC(c3nc4c(C)cccc4[nH]3)C2)n1. The van der Waals surface area contributed by atoms with Gasteiger partial charge in [-0.3, -0.25) is 0 Å². The van der Waals surface area contributed by atoms with Gasteiger partial charge in [0.15, 0.2) is 0 Å². The minimum absolute atomic E-state index is 0.236. The second-order valence-corrected chi connectivity index (χ2v) is 7.01. The van der Waals surface area contributed by atoms with Crippen molar-refractivity contribution in [1.29, 1.82) is 0 Å². The number of aromatic carboxylic acids is 1. The van der Waals surface area contributed by atoms with Crippen molar-refractivity contribution in [3.8, 4) is 0 Å². The fraction of sp³-hybridized carbons (Fsp3) is 0.350. The first-order valence-corrected chi connectivity index (χ1v) is 8.94. The Morgan fingerprint density at radius 1 is 1.23 bits per heavy atom. The van der Waals surface area contributed by atoms with E-state index in [9.17, 15) is 9.90 Å². The predicted octanol–water partition coefficient (Wildman–Crippen LogP) is 3.66. The number of imidazole rings is 1. The zero-order chi connectivity index (χ0) is 18.3. The number of carboxylic acid groups (broad SMARTS) is 1. The van der Waals surface area contributed by atoms with E-state index in [1.54, 1.807) is 12.1 Å². The van der Waals surface area contributed by atoms with Crippen molar-refractivity contribution in [3.63, 3.8) is 0 Å². The van der Waals surface area contributed by atoms with Gasteiger partial charge in [0.05, 0.1) is 11.0 Å². The van der Waals surface area contributed by atoms with Gasteiger partial charge < -0.3 is 15.0 Å². The summed E-state index contributed by atoms with van der Waals surface area (Å²) >= 11 is 0. The Labute approximate surface area is 151 Å². The van der Waals surface area contributed by atoms with Gasteiger partial charge in [-0.05, 0) is 50.5 Å². The van der Waals surface area contributed by atoms with E-state index in [2.05, 4.69) is 27.9 Å². The lowest BCUT2D eigenvalue weighted by Crippen LogP contribution is -2.36. The van der Waals surface area contributed by atoms with E-state index in [0.717, 1.165) is 54.0 Å². The van der Waals surface area contributed by atoms with Gasteiger partial charge in [-0.1, -0.05) is 12.1 Å². The molecule has 0 spiro atoms. The molecule has 2 N–H and O–H groups in total. The zero-order valence-electron chi connectivity index (χ0n) is 15.0. The zero-order valence-corrected chi connectivity index (χ0v) is 15.0. The van der Waals surface area contributed by atoms with Crippen molar-refractivity contribution < 1.29 is 9.90 Å². The lowest BCUT2D eigenvalue weighted by molar-refractivity contribution is 0.0697. The quantitative estimate of drug-likeness (QED) is 0.753. The molecule has 0 amide bonds. The third kappa shape index (κ3) is 2.92. The molecule has 6 nitrogen and oxygen atoms in total. The highest BCUT2D eigenvalue weighted by Crippen LogP contribution is 2.31. The monoisotopic (exact) mass is 350 g/mol. The molecule has 1 fully saturated rings. The number of aryl methyl sites for hydroxylation is 2. The van der Waals surface area contributed by atoms with Gasteiger partial charge in [0.2, 0.25) is 0 Å². The summed E-state index contributed by atoms with van der Waals surface area (Å²) in [7, 11) is 0. The second kappa shape index (κ2) is 6.44. The first-order chi connectivity index (χ1) is 12.5. The van der Waals surface area contributed by atoms with Crippen molar-refractivity contribution >= 4 is 22.8 Å². The number of fused-ring (bicyclic) bond motifs is 1. The van der Waals surface area contributed by atoms with E-state index in [-0.39, 0.29) is 11.5 Å². The Morgan fingerprint density at radius 3 is 2.85 bits per heavy atom. The summed E-state index contributed by atoms with van der Waals surface area (Å²) in [6, 6.07) is 9.53. The molecule has 1 saturated heterocycles. The largest absolute Gasteiger partial charge is 0.478 e. The maximum absolute atomic E-state index is 11.6. The molecule has 134 valence electrons. The van der Waals surface area contributed by atoms with Crippen LogP contribution in [0.5, 0.6) is 0 Å². The van der Waals surface area contributed by atoms with Crippen molar-refractivity contribution in [2.75, 3.05) is 18.0 Å². The Morgan fingerprint density at radius 2 is 2.08 bits per heavy atom. The molecule has 1 unspecified atom stereocenters. The Kier molecular flexibility index (Phi) is 4.11. The fourth-order valence-corrected chi connectivity index (χ4v) is 3.73. The van der Waals surface area contributed by atoms with Crippen molar-refractivity contribution in [2.24, 2.45) is 0 Å². The normalized spacial score (nSPS) is 17.6. The number of aromatic nitrogens is 3. The summed E-state index contributed by atoms with van der Waals surface area (Å²) < 4.78 is 0. The molecular weight excluding hydrogens is 328 g/mol. The first kappa shape index (κ1) is 16.6. The topological polar surface area (TPSA) is 82.1 Å². The summed E-state index contributed by atoms with van der Waals surface area (Å²) in [5.41, 5.74) is 4.31. The molecular formula is C20H22N4O2. The van der Waals surface area contributed by atoms with Crippen LogP contribution in [0.15, 0.2) is 30.3 Å². The number of carboxylic acids is 1. The van der Waals surface area contributed by atoms with Crippen molar-refractivity contribution in [2.45, 2.75) is 32.6 Å². The lowest BCUT2D eigenvalue weighted by Gasteiger charge is -2.33. The summed E-state index contributed by atoms with van der Waals surface area (Å²) in [5, 5.41) is 9.51. The molecule has 26 heavy (non-hydrogen) atoms. The molecule has 0 bridgehead atoms. The molecule has 2 aromatic heterocycles. The molecule has 3 aromatic rings. The molecule has 4 rings (SSSR count). The van der Waals surface area contributed by atoms with Crippen LogP contribution in [0.25, 0.3) is 11.0 Å². The number of anilines is 1. The van der Waals surface area contributed by atoms with Crippen LogP contribution in [0.2, 0.25) is 0 Å². The summed E-state index contributed by atoms with van der Waals surface area (Å²) in [6.45, 7) is 5.48. The number of rotatable bonds is 3.